The highest BCUT2D eigenvalue weighted by atomic mass is 16.5. The van der Waals surface area contributed by atoms with Gasteiger partial charge in [0, 0.05) is 13.1 Å². The van der Waals surface area contributed by atoms with Crippen molar-refractivity contribution >= 4 is 5.97 Å². The summed E-state index contributed by atoms with van der Waals surface area (Å²) < 4.78 is 5.82. The molecule has 0 aliphatic carbocycles. The van der Waals surface area contributed by atoms with Crippen molar-refractivity contribution in [3.8, 4) is 0 Å². The molecule has 1 saturated heterocycles. The lowest BCUT2D eigenvalue weighted by Gasteiger charge is -2.39. The van der Waals surface area contributed by atoms with Gasteiger partial charge in [-0.2, -0.15) is 0 Å². The van der Waals surface area contributed by atoms with Crippen LogP contribution in [-0.4, -0.2) is 34.7 Å². The maximum Gasteiger partial charge on any atom is 0.328 e. The normalized spacial score (nSPS) is 19.5. The van der Waals surface area contributed by atoms with Crippen LogP contribution in [0.1, 0.15) is 50.0 Å². The van der Waals surface area contributed by atoms with Gasteiger partial charge in [-0.05, 0) is 37.8 Å². The van der Waals surface area contributed by atoms with E-state index in [1.165, 1.54) is 0 Å². The van der Waals surface area contributed by atoms with Gasteiger partial charge >= 0.3 is 5.97 Å². The van der Waals surface area contributed by atoms with Crippen molar-refractivity contribution in [3.05, 3.63) is 71.8 Å². The molecule has 2 atom stereocenters. The smallest absolute Gasteiger partial charge is 0.328 e. The van der Waals surface area contributed by atoms with Gasteiger partial charge in [-0.25, -0.2) is 4.79 Å². The van der Waals surface area contributed by atoms with Crippen LogP contribution in [-0.2, 0) is 9.53 Å². The summed E-state index contributed by atoms with van der Waals surface area (Å²) in [5.74, 6) is -0.242. The SMILES string of the molecule is CC(OC(=O)C(c1ccccc1)N1CCC(C)(O)CC1)c1ccccc1. The number of piperidine rings is 1. The van der Waals surface area contributed by atoms with Crippen molar-refractivity contribution in [1.82, 2.24) is 4.90 Å². The number of esters is 1. The van der Waals surface area contributed by atoms with Crippen LogP contribution in [0.2, 0.25) is 0 Å². The molecular formula is C22H27NO3. The number of carbonyl (C=O) groups excluding carboxylic acids is 1. The number of carbonyl (C=O) groups is 1. The molecule has 138 valence electrons. The molecular weight excluding hydrogens is 326 g/mol. The summed E-state index contributed by atoms with van der Waals surface area (Å²) in [5, 5.41) is 10.2. The van der Waals surface area contributed by atoms with E-state index in [-0.39, 0.29) is 12.1 Å². The number of ether oxygens (including phenoxy) is 1. The van der Waals surface area contributed by atoms with E-state index in [0.717, 1.165) is 11.1 Å². The second-order valence-electron chi connectivity index (χ2n) is 7.34. The van der Waals surface area contributed by atoms with Gasteiger partial charge in [0.05, 0.1) is 5.60 Å². The minimum atomic E-state index is -0.654. The Bertz CT molecular complexity index is 705. The summed E-state index contributed by atoms with van der Waals surface area (Å²) in [5.41, 5.74) is 1.26. The molecule has 3 rings (SSSR count). The van der Waals surface area contributed by atoms with Gasteiger partial charge in [-0.3, -0.25) is 4.90 Å². The first-order chi connectivity index (χ1) is 12.5. The molecule has 0 aromatic heterocycles. The molecule has 0 radical (unpaired) electrons. The van der Waals surface area contributed by atoms with Gasteiger partial charge in [0.2, 0.25) is 0 Å². The monoisotopic (exact) mass is 353 g/mol. The molecule has 1 aliphatic heterocycles. The number of rotatable bonds is 5. The van der Waals surface area contributed by atoms with Crippen LogP contribution in [0.25, 0.3) is 0 Å². The average molecular weight is 353 g/mol. The van der Waals surface area contributed by atoms with Crippen LogP contribution in [0.15, 0.2) is 60.7 Å². The summed E-state index contributed by atoms with van der Waals surface area (Å²) >= 11 is 0. The fourth-order valence-electron chi connectivity index (χ4n) is 3.43. The van der Waals surface area contributed by atoms with E-state index in [1.54, 1.807) is 0 Å². The number of hydrogen-bond donors (Lipinski definition) is 1. The predicted octanol–water partition coefficient (Wildman–Crippen LogP) is 3.88. The van der Waals surface area contributed by atoms with Crippen LogP contribution in [0, 0.1) is 0 Å². The van der Waals surface area contributed by atoms with Crippen molar-refractivity contribution in [2.24, 2.45) is 0 Å². The zero-order chi connectivity index (χ0) is 18.6. The molecule has 1 heterocycles. The molecule has 2 aromatic rings. The highest BCUT2D eigenvalue weighted by molar-refractivity contribution is 5.78. The lowest BCUT2D eigenvalue weighted by atomic mass is 9.91. The maximum absolute atomic E-state index is 13.1. The van der Waals surface area contributed by atoms with Gasteiger partial charge in [-0.1, -0.05) is 60.7 Å². The first kappa shape index (κ1) is 18.6. The van der Waals surface area contributed by atoms with Crippen molar-refractivity contribution < 1.29 is 14.6 Å². The fourth-order valence-corrected chi connectivity index (χ4v) is 3.43. The molecule has 1 aliphatic rings. The van der Waals surface area contributed by atoms with Crippen molar-refractivity contribution in [2.45, 2.75) is 44.4 Å². The Kier molecular flexibility index (Phi) is 5.74. The Hall–Kier alpha value is -2.17. The number of hydrogen-bond acceptors (Lipinski definition) is 4. The fraction of sp³-hybridized carbons (Fsp3) is 0.409. The molecule has 4 heteroatoms. The molecule has 2 unspecified atom stereocenters. The summed E-state index contributed by atoms with van der Waals surface area (Å²) in [6.07, 6.45) is 0.998. The Morgan fingerprint density at radius 2 is 1.50 bits per heavy atom. The van der Waals surface area contributed by atoms with E-state index in [4.69, 9.17) is 4.74 Å². The number of aliphatic hydroxyl groups is 1. The Morgan fingerprint density at radius 1 is 1.00 bits per heavy atom. The minimum absolute atomic E-state index is 0.242. The Labute approximate surface area is 155 Å². The molecule has 1 N–H and O–H groups in total. The molecule has 0 spiro atoms. The highest BCUT2D eigenvalue weighted by Crippen LogP contribution is 2.31. The first-order valence-corrected chi connectivity index (χ1v) is 9.23. The quantitative estimate of drug-likeness (QED) is 0.829. The molecule has 4 nitrogen and oxygen atoms in total. The van der Waals surface area contributed by atoms with Gasteiger partial charge < -0.3 is 9.84 Å². The lowest BCUT2D eigenvalue weighted by Crippen LogP contribution is -2.46. The molecule has 0 saturated carbocycles. The van der Waals surface area contributed by atoms with E-state index in [1.807, 2.05) is 74.5 Å². The minimum Gasteiger partial charge on any atom is -0.456 e. The van der Waals surface area contributed by atoms with Crippen LogP contribution in [0.5, 0.6) is 0 Å². The second-order valence-corrected chi connectivity index (χ2v) is 7.34. The summed E-state index contributed by atoms with van der Waals surface area (Å²) in [6, 6.07) is 19.1. The Balaban J connectivity index is 1.78. The standard InChI is InChI=1S/C22H27NO3/c1-17(18-9-5-3-6-10-18)26-21(24)20(19-11-7-4-8-12-19)23-15-13-22(2,25)14-16-23/h3-12,17,20,25H,13-16H2,1-2H3. The molecule has 1 fully saturated rings. The van der Waals surface area contributed by atoms with E-state index < -0.39 is 11.6 Å². The van der Waals surface area contributed by atoms with Gasteiger partial charge in [0.1, 0.15) is 12.1 Å². The van der Waals surface area contributed by atoms with E-state index in [2.05, 4.69) is 4.90 Å². The van der Waals surface area contributed by atoms with Crippen LogP contribution in [0.3, 0.4) is 0 Å². The van der Waals surface area contributed by atoms with Gasteiger partial charge in [0.15, 0.2) is 0 Å². The zero-order valence-electron chi connectivity index (χ0n) is 15.5. The summed E-state index contributed by atoms with van der Waals surface area (Å²) in [7, 11) is 0. The third kappa shape index (κ3) is 4.51. The summed E-state index contributed by atoms with van der Waals surface area (Å²) in [6.45, 7) is 5.09. The van der Waals surface area contributed by atoms with Gasteiger partial charge in [-0.15, -0.1) is 0 Å². The first-order valence-electron chi connectivity index (χ1n) is 9.23. The topological polar surface area (TPSA) is 49.8 Å². The zero-order valence-corrected chi connectivity index (χ0v) is 15.5. The van der Waals surface area contributed by atoms with Crippen molar-refractivity contribution in [1.29, 1.82) is 0 Å². The maximum atomic E-state index is 13.1. The van der Waals surface area contributed by atoms with E-state index in [9.17, 15) is 9.90 Å². The highest BCUT2D eigenvalue weighted by Gasteiger charge is 2.36. The van der Waals surface area contributed by atoms with Crippen LogP contribution < -0.4 is 0 Å². The van der Waals surface area contributed by atoms with Crippen LogP contribution in [0.4, 0.5) is 0 Å². The molecule has 26 heavy (non-hydrogen) atoms. The van der Waals surface area contributed by atoms with Crippen molar-refractivity contribution in [2.75, 3.05) is 13.1 Å². The third-order valence-corrected chi connectivity index (χ3v) is 5.14. The number of likely N-dealkylation sites (tertiary alicyclic amines) is 1. The average Bonchev–Trinajstić information content (AvgIpc) is 2.65. The van der Waals surface area contributed by atoms with Gasteiger partial charge in [0.25, 0.3) is 0 Å². The van der Waals surface area contributed by atoms with Crippen molar-refractivity contribution in [3.63, 3.8) is 0 Å². The van der Waals surface area contributed by atoms with E-state index >= 15 is 0 Å². The summed E-state index contributed by atoms with van der Waals surface area (Å²) in [4.78, 5) is 15.2. The molecule has 0 amide bonds. The number of nitrogens with zero attached hydrogens (tertiary/aromatic N) is 1. The largest absolute Gasteiger partial charge is 0.456 e. The van der Waals surface area contributed by atoms with E-state index in [0.29, 0.717) is 25.9 Å². The lowest BCUT2D eigenvalue weighted by molar-refractivity contribution is -0.157. The second kappa shape index (κ2) is 8.02. The Morgan fingerprint density at radius 3 is 2.04 bits per heavy atom. The predicted molar refractivity (Wildman–Crippen MR) is 102 cm³/mol. The molecule has 0 bridgehead atoms. The van der Waals surface area contributed by atoms with Crippen LogP contribution >= 0.6 is 0 Å². The third-order valence-electron chi connectivity index (χ3n) is 5.14. The number of benzene rings is 2. The molecule has 2 aromatic carbocycles.